The molecule has 19 heavy (non-hydrogen) atoms. The van der Waals surface area contributed by atoms with E-state index >= 15 is 0 Å². The van der Waals surface area contributed by atoms with Gasteiger partial charge in [0.1, 0.15) is 5.82 Å². The molecule has 2 unspecified atom stereocenters. The van der Waals surface area contributed by atoms with E-state index in [1.807, 2.05) is 6.92 Å². The van der Waals surface area contributed by atoms with Crippen LogP contribution < -0.4 is 11.3 Å². The minimum absolute atomic E-state index is 0.00425. The first kappa shape index (κ1) is 14.7. The van der Waals surface area contributed by atoms with Gasteiger partial charge >= 0.3 is 0 Å². The Morgan fingerprint density at radius 1 is 1.53 bits per heavy atom. The van der Waals surface area contributed by atoms with Crippen molar-refractivity contribution in [3.05, 3.63) is 34.6 Å². The standard InChI is InChI=1S/C14H20ClFN2O/c1-2-19-14(9-3-4-9)13(18-17)7-10-5-6-11(16)8-12(10)15/h5-6,8-9,13-14,18H,2-4,7,17H2,1H3. The maximum Gasteiger partial charge on any atom is 0.124 e. The number of benzene rings is 1. The van der Waals surface area contributed by atoms with Crippen molar-refractivity contribution in [2.45, 2.75) is 38.3 Å². The molecule has 0 amide bonds. The van der Waals surface area contributed by atoms with Crippen LogP contribution >= 0.6 is 11.6 Å². The van der Waals surface area contributed by atoms with Gasteiger partial charge in [-0.25, -0.2) is 4.39 Å². The Labute approximate surface area is 118 Å². The SMILES string of the molecule is CCOC(C1CC1)C(Cc1ccc(F)cc1Cl)NN. The van der Waals surface area contributed by atoms with Gasteiger partial charge < -0.3 is 4.74 Å². The fourth-order valence-corrected chi connectivity index (χ4v) is 2.64. The highest BCUT2D eigenvalue weighted by atomic mass is 35.5. The summed E-state index contributed by atoms with van der Waals surface area (Å²) in [4.78, 5) is 0. The van der Waals surface area contributed by atoms with E-state index in [0.29, 0.717) is 24.0 Å². The van der Waals surface area contributed by atoms with E-state index in [4.69, 9.17) is 22.2 Å². The number of hydrazine groups is 1. The zero-order valence-corrected chi connectivity index (χ0v) is 11.8. The monoisotopic (exact) mass is 286 g/mol. The Morgan fingerprint density at radius 2 is 2.26 bits per heavy atom. The molecule has 0 radical (unpaired) electrons. The normalized spacial score (nSPS) is 18.3. The molecule has 0 spiro atoms. The van der Waals surface area contributed by atoms with Crippen molar-refractivity contribution in [3.63, 3.8) is 0 Å². The lowest BCUT2D eigenvalue weighted by Crippen LogP contribution is -2.47. The third-order valence-corrected chi connectivity index (χ3v) is 3.86. The fraction of sp³-hybridized carbons (Fsp3) is 0.571. The van der Waals surface area contributed by atoms with Crippen molar-refractivity contribution in [1.29, 1.82) is 0 Å². The summed E-state index contributed by atoms with van der Waals surface area (Å²) in [6.45, 7) is 2.64. The van der Waals surface area contributed by atoms with Crippen LogP contribution in [0.3, 0.4) is 0 Å². The molecule has 3 N–H and O–H groups in total. The third-order valence-electron chi connectivity index (χ3n) is 3.51. The van der Waals surface area contributed by atoms with Gasteiger partial charge in [-0.1, -0.05) is 17.7 Å². The number of hydrogen-bond donors (Lipinski definition) is 2. The fourth-order valence-electron chi connectivity index (χ4n) is 2.39. The van der Waals surface area contributed by atoms with Crippen molar-refractivity contribution in [1.82, 2.24) is 5.43 Å². The zero-order chi connectivity index (χ0) is 13.8. The minimum atomic E-state index is -0.324. The van der Waals surface area contributed by atoms with Gasteiger partial charge in [0, 0.05) is 11.6 Å². The molecule has 3 nitrogen and oxygen atoms in total. The van der Waals surface area contributed by atoms with Crippen LogP contribution in [0.2, 0.25) is 5.02 Å². The summed E-state index contributed by atoms with van der Waals surface area (Å²) in [5.41, 5.74) is 3.71. The van der Waals surface area contributed by atoms with Crippen LogP contribution in [0.15, 0.2) is 18.2 Å². The molecule has 0 aromatic heterocycles. The van der Waals surface area contributed by atoms with Crippen LogP contribution in [0.5, 0.6) is 0 Å². The molecular formula is C14H20ClFN2O. The lowest BCUT2D eigenvalue weighted by atomic mass is 9.98. The topological polar surface area (TPSA) is 47.3 Å². The highest BCUT2D eigenvalue weighted by molar-refractivity contribution is 6.31. The van der Waals surface area contributed by atoms with Gasteiger partial charge in [0.25, 0.3) is 0 Å². The largest absolute Gasteiger partial charge is 0.377 e. The molecule has 0 bridgehead atoms. The third kappa shape index (κ3) is 3.89. The van der Waals surface area contributed by atoms with E-state index < -0.39 is 0 Å². The summed E-state index contributed by atoms with van der Waals surface area (Å²) >= 11 is 6.06. The Kier molecular flexibility index (Phi) is 5.16. The van der Waals surface area contributed by atoms with Crippen LogP contribution in [0.25, 0.3) is 0 Å². The predicted molar refractivity (Wildman–Crippen MR) is 74.4 cm³/mol. The number of nitrogens with two attached hydrogens (primary N) is 1. The molecule has 106 valence electrons. The lowest BCUT2D eigenvalue weighted by Gasteiger charge is -2.27. The average molecular weight is 287 g/mol. The highest BCUT2D eigenvalue weighted by Gasteiger charge is 2.37. The van der Waals surface area contributed by atoms with E-state index in [1.165, 1.54) is 25.0 Å². The van der Waals surface area contributed by atoms with E-state index in [9.17, 15) is 4.39 Å². The van der Waals surface area contributed by atoms with Gasteiger partial charge in [-0.3, -0.25) is 11.3 Å². The Hall–Kier alpha value is -0.680. The van der Waals surface area contributed by atoms with Gasteiger partial charge in [-0.2, -0.15) is 0 Å². The molecule has 1 saturated carbocycles. The second kappa shape index (κ2) is 6.66. The second-order valence-electron chi connectivity index (χ2n) is 4.97. The van der Waals surface area contributed by atoms with Crippen LogP contribution in [0.1, 0.15) is 25.3 Å². The highest BCUT2D eigenvalue weighted by Crippen LogP contribution is 2.36. The maximum absolute atomic E-state index is 13.0. The quantitative estimate of drug-likeness (QED) is 0.598. The molecule has 2 atom stereocenters. The number of rotatable bonds is 7. The molecule has 5 heteroatoms. The molecule has 2 rings (SSSR count). The van der Waals surface area contributed by atoms with Crippen molar-refractivity contribution in [2.75, 3.05) is 6.61 Å². The Morgan fingerprint density at radius 3 is 2.79 bits per heavy atom. The number of ether oxygens (including phenoxy) is 1. The molecular weight excluding hydrogens is 267 g/mol. The molecule has 1 aliphatic carbocycles. The smallest absolute Gasteiger partial charge is 0.124 e. The van der Waals surface area contributed by atoms with E-state index in [2.05, 4.69) is 5.43 Å². The molecule has 0 saturated heterocycles. The minimum Gasteiger partial charge on any atom is -0.377 e. The summed E-state index contributed by atoms with van der Waals surface area (Å²) in [6.07, 6.45) is 3.09. The number of hydrogen-bond acceptors (Lipinski definition) is 3. The number of nitrogens with one attached hydrogen (secondary N) is 1. The second-order valence-corrected chi connectivity index (χ2v) is 5.38. The molecule has 1 aromatic carbocycles. The van der Waals surface area contributed by atoms with Gasteiger partial charge in [-0.15, -0.1) is 0 Å². The van der Waals surface area contributed by atoms with Crippen LogP contribution in [-0.2, 0) is 11.2 Å². The van der Waals surface area contributed by atoms with Crippen molar-refractivity contribution in [3.8, 4) is 0 Å². The molecule has 0 aliphatic heterocycles. The van der Waals surface area contributed by atoms with Gasteiger partial charge in [0.15, 0.2) is 0 Å². The first-order valence-electron chi connectivity index (χ1n) is 6.67. The van der Waals surface area contributed by atoms with Crippen LogP contribution in [-0.4, -0.2) is 18.8 Å². The van der Waals surface area contributed by atoms with Gasteiger partial charge in [0.05, 0.1) is 12.1 Å². The molecule has 1 aromatic rings. The van der Waals surface area contributed by atoms with Crippen LogP contribution in [0.4, 0.5) is 4.39 Å². The average Bonchev–Trinajstić information content (AvgIpc) is 3.20. The first-order chi connectivity index (χ1) is 9.15. The van der Waals surface area contributed by atoms with Crippen molar-refractivity contribution < 1.29 is 9.13 Å². The number of halogens is 2. The Bertz CT molecular complexity index is 426. The van der Waals surface area contributed by atoms with Crippen molar-refractivity contribution in [2.24, 2.45) is 11.8 Å². The van der Waals surface area contributed by atoms with E-state index in [1.54, 1.807) is 6.07 Å². The molecule has 0 heterocycles. The molecule has 1 fully saturated rings. The lowest BCUT2D eigenvalue weighted by molar-refractivity contribution is 0.0192. The zero-order valence-electron chi connectivity index (χ0n) is 11.0. The first-order valence-corrected chi connectivity index (χ1v) is 7.05. The maximum atomic E-state index is 13.0. The molecule has 1 aliphatic rings. The van der Waals surface area contributed by atoms with Gasteiger partial charge in [0.2, 0.25) is 0 Å². The predicted octanol–water partition coefficient (Wildman–Crippen LogP) is 2.67. The summed E-state index contributed by atoms with van der Waals surface area (Å²) in [6, 6.07) is 4.45. The van der Waals surface area contributed by atoms with E-state index in [-0.39, 0.29) is 18.0 Å². The summed E-state index contributed by atoms with van der Waals surface area (Å²) in [5, 5.41) is 0.436. The Balaban J connectivity index is 2.08. The summed E-state index contributed by atoms with van der Waals surface area (Å²) in [7, 11) is 0. The van der Waals surface area contributed by atoms with Crippen molar-refractivity contribution >= 4 is 11.6 Å². The van der Waals surface area contributed by atoms with E-state index in [0.717, 1.165) is 5.56 Å². The van der Waals surface area contributed by atoms with Crippen LogP contribution in [0, 0.1) is 11.7 Å². The summed E-state index contributed by atoms with van der Waals surface area (Å²) in [5.74, 6) is 5.90. The van der Waals surface area contributed by atoms with Gasteiger partial charge in [-0.05, 0) is 49.8 Å². The summed E-state index contributed by atoms with van der Waals surface area (Å²) < 4.78 is 18.8.